The van der Waals surface area contributed by atoms with E-state index in [0.29, 0.717) is 13.0 Å². The number of aliphatic hydroxyl groups is 2. The molecule has 4 atom stereocenters. The third-order valence-corrected chi connectivity index (χ3v) is 4.43. The number of rotatable bonds is 7. The first-order chi connectivity index (χ1) is 11.5. The number of aliphatic hydroxyl groups excluding tert-OH is 2. The lowest BCUT2D eigenvalue weighted by molar-refractivity contribution is -0.123. The standard InChI is InChI=1S/C17H24F2N2O3/c1-2-20-13(22)10-12-15(23)16(24)14(17(18)19)21(12)9-8-11-6-4-3-5-7-11/h3-7,12,14-17,23-24H,2,8-10H2,1H3,(H,20,22)/t12-,14+,15-,16-/m1/s1. The van der Waals surface area contributed by atoms with Crippen LogP contribution in [0.15, 0.2) is 30.3 Å². The van der Waals surface area contributed by atoms with Crippen LogP contribution in [0.3, 0.4) is 0 Å². The van der Waals surface area contributed by atoms with Gasteiger partial charge in [-0.3, -0.25) is 9.69 Å². The molecule has 1 fully saturated rings. The van der Waals surface area contributed by atoms with Gasteiger partial charge in [0.15, 0.2) is 0 Å². The van der Waals surface area contributed by atoms with Crippen LogP contribution < -0.4 is 5.32 Å². The summed E-state index contributed by atoms with van der Waals surface area (Å²) in [5, 5.41) is 22.8. The Kier molecular flexibility index (Phi) is 6.65. The Morgan fingerprint density at radius 2 is 1.92 bits per heavy atom. The van der Waals surface area contributed by atoms with Gasteiger partial charge in [-0.25, -0.2) is 8.78 Å². The Hall–Kier alpha value is -1.57. The van der Waals surface area contributed by atoms with Crippen LogP contribution in [0, 0.1) is 0 Å². The maximum absolute atomic E-state index is 13.4. The van der Waals surface area contributed by atoms with Gasteiger partial charge in [-0.2, -0.15) is 0 Å². The number of amides is 1. The van der Waals surface area contributed by atoms with Crippen LogP contribution in [0.25, 0.3) is 0 Å². The van der Waals surface area contributed by atoms with E-state index in [0.717, 1.165) is 5.56 Å². The summed E-state index contributed by atoms with van der Waals surface area (Å²) >= 11 is 0. The lowest BCUT2D eigenvalue weighted by Gasteiger charge is -2.29. The molecule has 24 heavy (non-hydrogen) atoms. The lowest BCUT2D eigenvalue weighted by Crippen LogP contribution is -2.46. The van der Waals surface area contributed by atoms with E-state index < -0.39 is 30.7 Å². The normalized spacial score (nSPS) is 27.6. The second-order valence-electron chi connectivity index (χ2n) is 6.00. The molecule has 1 aliphatic heterocycles. The van der Waals surface area contributed by atoms with Gasteiger partial charge in [-0.15, -0.1) is 0 Å². The molecule has 0 aromatic heterocycles. The number of hydrogen-bond acceptors (Lipinski definition) is 4. The lowest BCUT2D eigenvalue weighted by atomic mass is 10.1. The molecule has 0 spiro atoms. The molecule has 1 amide bonds. The van der Waals surface area contributed by atoms with E-state index in [2.05, 4.69) is 5.32 Å². The molecular weight excluding hydrogens is 318 g/mol. The van der Waals surface area contributed by atoms with Crippen LogP contribution in [0.1, 0.15) is 18.9 Å². The highest BCUT2D eigenvalue weighted by Crippen LogP contribution is 2.31. The van der Waals surface area contributed by atoms with Crippen molar-refractivity contribution in [3.63, 3.8) is 0 Å². The van der Waals surface area contributed by atoms with Crippen molar-refractivity contribution >= 4 is 5.91 Å². The van der Waals surface area contributed by atoms with Crippen molar-refractivity contribution in [3.8, 4) is 0 Å². The molecule has 1 aromatic carbocycles. The van der Waals surface area contributed by atoms with E-state index in [4.69, 9.17) is 0 Å². The first-order valence-corrected chi connectivity index (χ1v) is 8.16. The number of nitrogens with one attached hydrogen (secondary N) is 1. The summed E-state index contributed by atoms with van der Waals surface area (Å²) < 4.78 is 26.8. The maximum atomic E-state index is 13.4. The third kappa shape index (κ3) is 4.28. The van der Waals surface area contributed by atoms with Crippen molar-refractivity contribution in [2.45, 2.75) is 50.5 Å². The van der Waals surface area contributed by atoms with E-state index in [-0.39, 0.29) is 18.9 Å². The van der Waals surface area contributed by atoms with Crippen LogP contribution in [0.5, 0.6) is 0 Å². The summed E-state index contributed by atoms with van der Waals surface area (Å²) in [5.41, 5.74) is 0.971. The Bertz CT molecular complexity index is 530. The van der Waals surface area contributed by atoms with Gasteiger partial charge in [-0.05, 0) is 18.9 Å². The van der Waals surface area contributed by atoms with E-state index in [9.17, 15) is 23.8 Å². The van der Waals surface area contributed by atoms with E-state index in [1.165, 1.54) is 4.90 Å². The maximum Gasteiger partial charge on any atom is 0.256 e. The first-order valence-electron chi connectivity index (χ1n) is 8.16. The summed E-state index contributed by atoms with van der Waals surface area (Å²) in [7, 11) is 0. The minimum absolute atomic E-state index is 0.121. The largest absolute Gasteiger partial charge is 0.389 e. The van der Waals surface area contributed by atoms with E-state index in [1.807, 2.05) is 30.3 Å². The predicted octanol–water partition coefficient (Wildman–Crippen LogP) is 0.795. The molecule has 0 saturated carbocycles. The van der Waals surface area contributed by atoms with E-state index >= 15 is 0 Å². The highest BCUT2D eigenvalue weighted by Gasteiger charge is 2.51. The number of carbonyl (C=O) groups is 1. The van der Waals surface area contributed by atoms with Gasteiger partial charge in [0.25, 0.3) is 6.43 Å². The van der Waals surface area contributed by atoms with Gasteiger partial charge in [0.05, 0.1) is 12.1 Å². The second-order valence-corrected chi connectivity index (χ2v) is 6.00. The van der Waals surface area contributed by atoms with Gasteiger partial charge in [0.1, 0.15) is 6.10 Å². The van der Waals surface area contributed by atoms with Crippen molar-refractivity contribution in [3.05, 3.63) is 35.9 Å². The summed E-state index contributed by atoms with van der Waals surface area (Å²) in [6.45, 7) is 2.41. The molecule has 1 heterocycles. The number of hydrogen-bond donors (Lipinski definition) is 3. The zero-order valence-corrected chi connectivity index (χ0v) is 13.6. The third-order valence-electron chi connectivity index (χ3n) is 4.43. The minimum atomic E-state index is -2.80. The number of halogens is 2. The van der Waals surface area contributed by atoms with Crippen molar-refractivity contribution in [1.82, 2.24) is 10.2 Å². The summed E-state index contributed by atoms with van der Waals surface area (Å²) in [4.78, 5) is 13.2. The van der Waals surface area contributed by atoms with E-state index in [1.54, 1.807) is 6.92 Å². The quantitative estimate of drug-likeness (QED) is 0.685. The Balaban J connectivity index is 2.13. The molecule has 1 aliphatic rings. The van der Waals surface area contributed by atoms with Crippen LogP contribution in [0.2, 0.25) is 0 Å². The molecule has 134 valence electrons. The van der Waals surface area contributed by atoms with Gasteiger partial charge >= 0.3 is 0 Å². The van der Waals surface area contributed by atoms with Gasteiger partial charge in [-0.1, -0.05) is 30.3 Å². The van der Waals surface area contributed by atoms with Crippen molar-refractivity contribution in [2.24, 2.45) is 0 Å². The number of likely N-dealkylation sites (tertiary alicyclic amines) is 1. The smallest absolute Gasteiger partial charge is 0.256 e. The average molecular weight is 342 g/mol. The fourth-order valence-electron chi connectivity index (χ4n) is 3.25. The molecule has 7 heteroatoms. The van der Waals surface area contributed by atoms with Crippen LogP contribution in [-0.4, -0.2) is 64.8 Å². The summed E-state index contributed by atoms with van der Waals surface area (Å²) in [5.74, 6) is -0.326. The molecule has 1 saturated heterocycles. The predicted molar refractivity (Wildman–Crippen MR) is 85.7 cm³/mol. The molecule has 5 nitrogen and oxygen atoms in total. The number of carbonyl (C=O) groups excluding carboxylic acids is 1. The molecule has 0 aliphatic carbocycles. The SMILES string of the molecule is CCNC(=O)C[C@@H]1[C@@H](O)[C@H](O)[C@@H](C(F)F)N1CCc1ccccc1. The monoisotopic (exact) mass is 342 g/mol. The Morgan fingerprint density at radius 1 is 1.25 bits per heavy atom. The number of nitrogens with zero attached hydrogens (tertiary/aromatic N) is 1. The van der Waals surface area contributed by atoms with Gasteiger partial charge < -0.3 is 15.5 Å². The molecule has 1 aromatic rings. The van der Waals surface area contributed by atoms with Crippen molar-refractivity contribution < 1.29 is 23.8 Å². The van der Waals surface area contributed by atoms with Crippen LogP contribution in [-0.2, 0) is 11.2 Å². The summed E-state index contributed by atoms with van der Waals surface area (Å²) in [6.07, 6.45) is -5.37. The summed E-state index contributed by atoms with van der Waals surface area (Å²) in [6, 6.07) is 7.07. The highest BCUT2D eigenvalue weighted by molar-refractivity contribution is 5.76. The minimum Gasteiger partial charge on any atom is -0.389 e. The van der Waals surface area contributed by atoms with Gasteiger partial charge in [0, 0.05) is 25.6 Å². The zero-order valence-electron chi connectivity index (χ0n) is 13.6. The number of alkyl halides is 2. The number of benzene rings is 1. The van der Waals surface area contributed by atoms with Crippen LogP contribution in [0.4, 0.5) is 8.78 Å². The van der Waals surface area contributed by atoms with Crippen LogP contribution >= 0.6 is 0 Å². The van der Waals surface area contributed by atoms with Gasteiger partial charge in [0.2, 0.25) is 5.91 Å². The molecule has 0 radical (unpaired) electrons. The second kappa shape index (κ2) is 8.50. The molecule has 2 rings (SSSR count). The van der Waals surface area contributed by atoms with Crippen molar-refractivity contribution in [1.29, 1.82) is 0 Å². The Morgan fingerprint density at radius 3 is 2.50 bits per heavy atom. The fraction of sp³-hybridized carbons (Fsp3) is 0.588. The van der Waals surface area contributed by atoms with Crippen molar-refractivity contribution in [2.75, 3.05) is 13.1 Å². The fourth-order valence-corrected chi connectivity index (χ4v) is 3.25. The highest BCUT2D eigenvalue weighted by atomic mass is 19.3. The zero-order chi connectivity index (χ0) is 17.7. The molecule has 0 unspecified atom stereocenters. The molecule has 0 bridgehead atoms. The first kappa shape index (κ1) is 18.8. The molecule has 3 N–H and O–H groups in total. The average Bonchev–Trinajstić information content (AvgIpc) is 2.78. The Labute approximate surface area is 140 Å². The topological polar surface area (TPSA) is 72.8 Å². The molecular formula is C17H24F2N2O3.